The number of nitrogens with zero attached hydrogens (tertiary/aromatic N) is 1. The number of rotatable bonds is 4. The summed E-state index contributed by atoms with van der Waals surface area (Å²) in [4.78, 5) is 12.0. The maximum atomic E-state index is 12.0. The lowest BCUT2D eigenvalue weighted by molar-refractivity contribution is -0.148. The van der Waals surface area contributed by atoms with Crippen LogP contribution in [0.4, 0.5) is 0 Å². The Labute approximate surface area is 102 Å². The summed E-state index contributed by atoms with van der Waals surface area (Å²) in [6.07, 6.45) is 0.408. The van der Waals surface area contributed by atoms with Crippen LogP contribution in [0.3, 0.4) is 0 Å². The number of esters is 1. The number of carbonyl (C=O) groups excluding carboxylic acids is 1. The molecule has 0 radical (unpaired) electrons. The van der Waals surface area contributed by atoms with E-state index in [-0.39, 0.29) is 6.61 Å². The summed E-state index contributed by atoms with van der Waals surface area (Å²) in [6, 6.07) is 9.55. The summed E-state index contributed by atoms with van der Waals surface area (Å²) in [5.41, 5.74) is 0.621. The molecule has 1 unspecified atom stereocenters. The molecule has 0 bridgehead atoms. The van der Waals surface area contributed by atoms with Gasteiger partial charge in [0.25, 0.3) is 0 Å². The van der Waals surface area contributed by atoms with Crippen molar-refractivity contribution in [2.75, 3.05) is 6.61 Å². The molecule has 3 heteroatoms. The Morgan fingerprint density at radius 3 is 2.35 bits per heavy atom. The summed E-state index contributed by atoms with van der Waals surface area (Å²) >= 11 is 0. The van der Waals surface area contributed by atoms with Gasteiger partial charge >= 0.3 is 5.97 Å². The number of ether oxygens (including phenoxy) is 1. The highest BCUT2D eigenvalue weighted by Gasteiger charge is 2.40. The molecule has 0 fully saturated rings. The Morgan fingerprint density at radius 2 is 1.94 bits per heavy atom. The zero-order valence-electron chi connectivity index (χ0n) is 10.5. The number of aryl methyl sites for hydroxylation is 1. The van der Waals surface area contributed by atoms with E-state index in [0.717, 1.165) is 5.56 Å². The molecular weight excluding hydrogens is 214 g/mol. The largest absolute Gasteiger partial charge is 0.465 e. The van der Waals surface area contributed by atoms with Crippen LogP contribution in [0.15, 0.2) is 24.3 Å². The van der Waals surface area contributed by atoms with Crippen molar-refractivity contribution in [3.8, 4) is 6.07 Å². The smallest absolute Gasteiger partial charge is 0.331 e. The lowest BCUT2D eigenvalue weighted by atomic mass is 9.79. The summed E-state index contributed by atoms with van der Waals surface area (Å²) < 4.78 is 5.01. The molecule has 1 aromatic rings. The standard InChI is InChI=1S/C14H17NO2/c1-4-14(10-15,13(16)17-5-2)12-8-6-11(3)7-9-12/h6-9H,4-5H2,1-3H3. The molecule has 0 aliphatic heterocycles. The Bertz CT molecular complexity index is 431. The van der Waals surface area contributed by atoms with Gasteiger partial charge in [-0.15, -0.1) is 0 Å². The molecule has 1 atom stereocenters. The minimum atomic E-state index is -1.18. The molecule has 1 aromatic carbocycles. The second-order valence-corrected chi connectivity index (χ2v) is 3.96. The third kappa shape index (κ3) is 2.47. The quantitative estimate of drug-likeness (QED) is 0.749. The van der Waals surface area contributed by atoms with Gasteiger partial charge < -0.3 is 4.74 Å². The van der Waals surface area contributed by atoms with Gasteiger partial charge in [0.15, 0.2) is 5.41 Å². The van der Waals surface area contributed by atoms with E-state index in [0.29, 0.717) is 12.0 Å². The number of carbonyl (C=O) groups is 1. The monoisotopic (exact) mass is 231 g/mol. The fourth-order valence-corrected chi connectivity index (χ4v) is 1.75. The van der Waals surface area contributed by atoms with Gasteiger partial charge in [-0.1, -0.05) is 36.8 Å². The third-order valence-electron chi connectivity index (χ3n) is 2.89. The van der Waals surface area contributed by atoms with Gasteiger partial charge in [0.05, 0.1) is 12.7 Å². The summed E-state index contributed by atoms with van der Waals surface area (Å²) in [5, 5.41) is 9.35. The van der Waals surface area contributed by atoms with Crippen LogP contribution in [0, 0.1) is 18.3 Å². The Kier molecular flexibility index (Phi) is 4.28. The highest BCUT2D eigenvalue weighted by Crippen LogP contribution is 2.29. The van der Waals surface area contributed by atoms with E-state index in [1.54, 1.807) is 6.92 Å². The van der Waals surface area contributed by atoms with E-state index < -0.39 is 11.4 Å². The molecule has 1 rings (SSSR count). The van der Waals surface area contributed by atoms with Gasteiger partial charge in [-0.05, 0) is 25.8 Å². The zero-order chi connectivity index (χ0) is 12.9. The van der Waals surface area contributed by atoms with Gasteiger partial charge in [-0.2, -0.15) is 5.26 Å². The number of benzene rings is 1. The fourth-order valence-electron chi connectivity index (χ4n) is 1.75. The first-order valence-electron chi connectivity index (χ1n) is 5.76. The molecule has 0 spiro atoms. The molecule has 0 saturated heterocycles. The summed E-state index contributed by atoms with van der Waals surface area (Å²) in [5.74, 6) is -0.464. The molecule has 90 valence electrons. The SMILES string of the molecule is CCOC(=O)C(C#N)(CC)c1ccc(C)cc1. The average molecular weight is 231 g/mol. The molecule has 17 heavy (non-hydrogen) atoms. The number of hydrogen-bond acceptors (Lipinski definition) is 3. The predicted octanol–water partition coefficient (Wildman–Crippen LogP) is 2.73. The van der Waals surface area contributed by atoms with E-state index in [1.807, 2.05) is 38.1 Å². The number of nitriles is 1. The molecule has 0 saturated carbocycles. The van der Waals surface area contributed by atoms with Crippen molar-refractivity contribution in [3.05, 3.63) is 35.4 Å². The van der Waals surface area contributed by atoms with Crippen LogP contribution in [0.5, 0.6) is 0 Å². The van der Waals surface area contributed by atoms with Gasteiger partial charge in [0.1, 0.15) is 0 Å². The highest BCUT2D eigenvalue weighted by molar-refractivity contribution is 5.86. The van der Waals surface area contributed by atoms with E-state index >= 15 is 0 Å². The van der Waals surface area contributed by atoms with E-state index in [1.165, 1.54) is 0 Å². The Balaban J connectivity index is 3.21. The second kappa shape index (κ2) is 5.49. The lowest BCUT2D eigenvalue weighted by Gasteiger charge is -2.23. The van der Waals surface area contributed by atoms with E-state index in [4.69, 9.17) is 4.74 Å². The predicted molar refractivity (Wildman–Crippen MR) is 65.4 cm³/mol. The van der Waals surface area contributed by atoms with Crippen LogP contribution >= 0.6 is 0 Å². The normalized spacial score (nSPS) is 13.5. The van der Waals surface area contributed by atoms with Gasteiger partial charge in [0.2, 0.25) is 0 Å². The van der Waals surface area contributed by atoms with Crippen LogP contribution in [0.2, 0.25) is 0 Å². The van der Waals surface area contributed by atoms with Crippen LogP contribution in [-0.4, -0.2) is 12.6 Å². The van der Waals surface area contributed by atoms with E-state index in [2.05, 4.69) is 6.07 Å². The first-order chi connectivity index (χ1) is 8.10. The third-order valence-corrected chi connectivity index (χ3v) is 2.89. The first-order valence-corrected chi connectivity index (χ1v) is 5.76. The summed E-state index contributed by atoms with van der Waals surface area (Å²) in [6.45, 7) is 5.81. The minimum absolute atomic E-state index is 0.286. The van der Waals surface area contributed by atoms with Crippen LogP contribution in [0.25, 0.3) is 0 Å². The topological polar surface area (TPSA) is 50.1 Å². The molecule has 3 nitrogen and oxygen atoms in total. The van der Waals surface area contributed by atoms with Crippen LogP contribution in [-0.2, 0) is 14.9 Å². The first kappa shape index (κ1) is 13.2. The van der Waals surface area contributed by atoms with Crippen molar-refractivity contribution in [3.63, 3.8) is 0 Å². The molecule has 0 aliphatic carbocycles. The van der Waals surface area contributed by atoms with Crippen molar-refractivity contribution in [1.82, 2.24) is 0 Å². The minimum Gasteiger partial charge on any atom is -0.465 e. The van der Waals surface area contributed by atoms with Crippen LogP contribution < -0.4 is 0 Å². The maximum absolute atomic E-state index is 12.0. The molecule has 0 heterocycles. The van der Waals surface area contributed by atoms with Crippen molar-refractivity contribution < 1.29 is 9.53 Å². The van der Waals surface area contributed by atoms with Crippen LogP contribution in [0.1, 0.15) is 31.4 Å². The van der Waals surface area contributed by atoms with Gasteiger partial charge in [-0.25, -0.2) is 4.79 Å². The van der Waals surface area contributed by atoms with Crippen molar-refractivity contribution in [1.29, 1.82) is 5.26 Å². The lowest BCUT2D eigenvalue weighted by Crippen LogP contribution is -2.35. The Morgan fingerprint density at radius 1 is 1.35 bits per heavy atom. The Hall–Kier alpha value is -1.82. The molecule has 0 aliphatic rings. The van der Waals surface area contributed by atoms with Gasteiger partial charge in [-0.3, -0.25) is 0 Å². The second-order valence-electron chi connectivity index (χ2n) is 3.96. The average Bonchev–Trinajstić information content (AvgIpc) is 2.34. The molecule has 0 amide bonds. The molecule has 0 N–H and O–H groups in total. The summed E-state index contributed by atoms with van der Waals surface area (Å²) in [7, 11) is 0. The van der Waals surface area contributed by atoms with Gasteiger partial charge in [0, 0.05) is 0 Å². The number of hydrogen-bond donors (Lipinski definition) is 0. The van der Waals surface area contributed by atoms with E-state index in [9.17, 15) is 10.1 Å². The van der Waals surface area contributed by atoms with Crippen molar-refractivity contribution in [2.45, 2.75) is 32.6 Å². The highest BCUT2D eigenvalue weighted by atomic mass is 16.5. The van der Waals surface area contributed by atoms with Crippen molar-refractivity contribution >= 4 is 5.97 Å². The fraction of sp³-hybridized carbons (Fsp3) is 0.429. The zero-order valence-corrected chi connectivity index (χ0v) is 10.5. The maximum Gasteiger partial charge on any atom is 0.331 e. The molecule has 0 aromatic heterocycles. The molecular formula is C14H17NO2. The van der Waals surface area contributed by atoms with Crippen molar-refractivity contribution in [2.24, 2.45) is 0 Å².